The van der Waals surface area contributed by atoms with E-state index in [9.17, 15) is 4.79 Å². The third-order valence-corrected chi connectivity index (χ3v) is 4.85. The number of amides is 1. The van der Waals surface area contributed by atoms with Gasteiger partial charge < -0.3 is 22.1 Å². The molecule has 7 nitrogen and oxygen atoms in total. The molecule has 7 heteroatoms. The smallest absolute Gasteiger partial charge is 0.245 e. The molecule has 2 rings (SSSR count). The van der Waals surface area contributed by atoms with Gasteiger partial charge in [0.05, 0.1) is 0 Å². The van der Waals surface area contributed by atoms with Crippen LogP contribution in [0.5, 0.6) is 0 Å². The van der Waals surface area contributed by atoms with Crippen molar-refractivity contribution in [2.24, 2.45) is 22.4 Å². The second-order valence-corrected chi connectivity index (χ2v) is 6.94. The van der Waals surface area contributed by atoms with Gasteiger partial charge in [0.2, 0.25) is 5.91 Å². The molecule has 2 aliphatic carbocycles. The van der Waals surface area contributed by atoms with Gasteiger partial charge in [-0.15, -0.1) is 0 Å². The Morgan fingerprint density at radius 3 is 2.81 bits per heavy atom. The molecule has 0 bridgehead atoms. The Bertz CT molecular complexity index is 556. The summed E-state index contributed by atoms with van der Waals surface area (Å²) >= 11 is 0. The third kappa shape index (κ3) is 7.01. The fraction of sp³-hybridized carbons (Fsp3) is 0.579. The molecule has 2 unspecified atom stereocenters. The minimum atomic E-state index is -0.516. The first-order chi connectivity index (χ1) is 12.6. The Balaban J connectivity index is 1.86. The van der Waals surface area contributed by atoms with E-state index in [1.807, 2.05) is 0 Å². The van der Waals surface area contributed by atoms with Crippen LogP contribution in [-0.4, -0.2) is 37.5 Å². The van der Waals surface area contributed by atoms with Gasteiger partial charge in [0.25, 0.3) is 0 Å². The van der Waals surface area contributed by atoms with Crippen LogP contribution in [0.2, 0.25) is 0 Å². The van der Waals surface area contributed by atoms with Crippen LogP contribution in [0.3, 0.4) is 0 Å². The summed E-state index contributed by atoms with van der Waals surface area (Å²) in [6, 6.07) is 0.290. The second kappa shape index (κ2) is 10.8. The van der Waals surface area contributed by atoms with Gasteiger partial charge in [0.1, 0.15) is 5.82 Å². The summed E-state index contributed by atoms with van der Waals surface area (Å²) in [5.41, 5.74) is 11.5. The Labute approximate surface area is 156 Å². The van der Waals surface area contributed by atoms with E-state index in [2.05, 4.69) is 52.0 Å². The lowest BCUT2D eigenvalue weighted by Gasteiger charge is -2.32. The highest BCUT2D eigenvalue weighted by Gasteiger charge is 2.24. The number of allylic oxidation sites excluding steroid dienone is 4. The first-order valence-electron chi connectivity index (χ1n) is 9.41. The summed E-state index contributed by atoms with van der Waals surface area (Å²) in [4.78, 5) is 15.4. The van der Waals surface area contributed by atoms with Crippen LogP contribution >= 0.6 is 0 Å². The Morgan fingerprint density at radius 1 is 1.35 bits per heavy atom. The molecule has 0 aromatic rings. The fourth-order valence-electron chi connectivity index (χ4n) is 3.38. The zero-order valence-corrected chi connectivity index (χ0v) is 15.4. The molecule has 1 fully saturated rings. The third-order valence-electron chi connectivity index (χ3n) is 4.85. The van der Waals surface area contributed by atoms with E-state index >= 15 is 0 Å². The van der Waals surface area contributed by atoms with Crippen LogP contribution in [0, 0.1) is 5.92 Å². The van der Waals surface area contributed by atoms with Crippen molar-refractivity contribution in [3.63, 3.8) is 0 Å². The lowest BCUT2D eigenvalue weighted by Crippen LogP contribution is -2.55. The zero-order chi connectivity index (χ0) is 18.8. The van der Waals surface area contributed by atoms with E-state index in [4.69, 9.17) is 11.5 Å². The van der Waals surface area contributed by atoms with E-state index in [0.29, 0.717) is 11.7 Å². The first-order valence-corrected chi connectivity index (χ1v) is 9.41. The topological polar surface area (TPSA) is 118 Å². The van der Waals surface area contributed by atoms with E-state index in [1.54, 1.807) is 0 Å². The number of hydrogen-bond donors (Lipinski definition) is 5. The SMILES string of the molecule is C=NC(N/C(=C/C(N)=O)NCCC1C=CC=CC1)N[C@@H]1CCCC[C@@H]1N. The van der Waals surface area contributed by atoms with E-state index in [-0.39, 0.29) is 12.1 Å². The zero-order valence-electron chi connectivity index (χ0n) is 15.4. The minimum Gasteiger partial charge on any atom is -0.372 e. The van der Waals surface area contributed by atoms with E-state index in [0.717, 1.165) is 45.1 Å². The summed E-state index contributed by atoms with van der Waals surface area (Å²) < 4.78 is 0. The maximum absolute atomic E-state index is 11.3. The molecule has 0 saturated heterocycles. The van der Waals surface area contributed by atoms with Crippen LogP contribution in [-0.2, 0) is 4.79 Å². The predicted octanol–water partition coefficient (Wildman–Crippen LogP) is 0.858. The molecule has 7 N–H and O–H groups in total. The Morgan fingerprint density at radius 2 is 2.15 bits per heavy atom. The largest absolute Gasteiger partial charge is 0.372 e. The van der Waals surface area contributed by atoms with Gasteiger partial charge in [-0.25, -0.2) is 0 Å². The number of carbonyl (C=O) groups excluding carboxylic acids is 1. The molecule has 0 aromatic carbocycles. The standard InChI is InChI=1S/C19H32N6O/c1-22-19(24-16-10-6-5-9-15(16)20)25-18(13-17(21)26)23-12-11-14-7-3-2-4-8-14/h2-4,7,13-16,19,23-25H,1,5-6,8-12,20H2,(H2,21,26)/b18-13+/t14?,15-,16+,19?/m0/s1. The molecule has 0 heterocycles. The molecule has 26 heavy (non-hydrogen) atoms. The molecule has 1 saturated carbocycles. The molecule has 0 radical (unpaired) electrons. The van der Waals surface area contributed by atoms with Crippen LogP contribution in [0.25, 0.3) is 0 Å². The molecule has 144 valence electrons. The number of aliphatic imine (C=N–C) groups is 1. The average Bonchev–Trinajstić information content (AvgIpc) is 2.63. The molecule has 2 aliphatic rings. The normalized spacial score (nSPS) is 27.0. The maximum Gasteiger partial charge on any atom is 0.245 e. The Hall–Kier alpha value is -2.12. The van der Waals surface area contributed by atoms with Crippen molar-refractivity contribution in [1.29, 1.82) is 0 Å². The number of nitrogens with one attached hydrogen (secondary N) is 3. The van der Waals surface area contributed by atoms with Gasteiger partial charge in [0, 0.05) is 24.7 Å². The van der Waals surface area contributed by atoms with E-state index in [1.165, 1.54) is 6.08 Å². The monoisotopic (exact) mass is 360 g/mol. The highest BCUT2D eigenvalue weighted by atomic mass is 16.1. The highest BCUT2D eigenvalue weighted by Crippen LogP contribution is 2.17. The maximum atomic E-state index is 11.3. The van der Waals surface area contributed by atoms with Gasteiger partial charge >= 0.3 is 0 Å². The van der Waals surface area contributed by atoms with Crippen molar-refractivity contribution in [3.8, 4) is 0 Å². The van der Waals surface area contributed by atoms with Crippen LogP contribution < -0.4 is 27.4 Å². The van der Waals surface area contributed by atoms with Crippen molar-refractivity contribution in [1.82, 2.24) is 16.0 Å². The van der Waals surface area contributed by atoms with Crippen molar-refractivity contribution in [2.45, 2.75) is 56.9 Å². The summed E-state index contributed by atoms with van der Waals surface area (Å²) in [6.45, 7) is 4.36. The van der Waals surface area contributed by atoms with Crippen molar-refractivity contribution in [3.05, 3.63) is 36.2 Å². The van der Waals surface area contributed by atoms with Gasteiger partial charge in [-0.1, -0.05) is 37.1 Å². The predicted molar refractivity (Wildman–Crippen MR) is 106 cm³/mol. The molecule has 0 aromatic heterocycles. The van der Waals surface area contributed by atoms with Gasteiger partial charge in [-0.3, -0.25) is 15.1 Å². The first kappa shape index (κ1) is 20.2. The second-order valence-electron chi connectivity index (χ2n) is 6.94. The lowest BCUT2D eigenvalue weighted by atomic mass is 9.91. The number of nitrogens with zero attached hydrogens (tertiary/aromatic N) is 1. The van der Waals surface area contributed by atoms with Crippen molar-refractivity contribution in [2.75, 3.05) is 6.54 Å². The molecular formula is C19H32N6O. The molecule has 4 atom stereocenters. The fourth-order valence-corrected chi connectivity index (χ4v) is 3.38. The highest BCUT2D eigenvalue weighted by molar-refractivity contribution is 5.86. The van der Waals surface area contributed by atoms with Crippen LogP contribution in [0.4, 0.5) is 0 Å². The number of rotatable bonds is 10. The quantitative estimate of drug-likeness (QED) is 0.225. The molecule has 1 amide bonds. The van der Waals surface area contributed by atoms with Gasteiger partial charge in [-0.2, -0.15) is 0 Å². The van der Waals surface area contributed by atoms with E-state index < -0.39 is 12.2 Å². The number of primary amides is 1. The molecule has 0 aliphatic heterocycles. The average molecular weight is 361 g/mol. The van der Waals surface area contributed by atoms with Crippen LogP contribution in [0.15, 0.2) is 41.2 Å². The van der Waals surface area contributed by atoms with Gasteiger partial charge in [0.15, 0.2) is 6.29 Å². The summed E-state index contributed by atoms with van der Waals surface area (Å²) in [6.07, 6.45) is 15.8. The minimum absolute atomic E-state index is 0.109. The summed E-state index contributed by atoms with van der Waals surface area (Å²) in [5.74, 6) is 0.536. The van der Waals surface area contributed by atoms with Crippen LogP contribution in [0.1, 0.15) is 38.5 Å². The summed E-state index contributed by atoms with van der Waals surface area (Å²) in [7, 11) is 0. The number of nitrogens with two attached hydrogens (primary N) is 2. The van der Waals surface area contributed by atoms with Gasteiger partial charge in [-0.05, 0) is 38.3 Å². The lowest BCUT2D eigenvalue weighted by molar-refractivity contribution is -0.113. The Kier molecular flexibility index (Phi) is 8.37. The van der Waals surface area contributed by atoms with Crippen molar-refractivity contribution < 1.29 is 4.79 Å². The van der Waals surface area contributed by atoms with Crippen molar-refractivity contribution >= 4 is 12.6 Å². The molecular weight excluding hydrogens is 328 g/mol. The number of hydrogen-bond acceptors (Lipinski definition) is 6. The molecule has 0 spiro atoms. The number of carbonyl (C=O) groups is 1. The summed E-state index contributed by atoms with van der Waals surface area (Å²) in [5, 5.41) is 9.79.